The lowest BCUT2D eigenvalue weighted by atomic mass is 10.0. The molecule has 0 N–H and O–H groups in total. The van der Waals surface area contributed by atoms with Gasteiger partial charge in [0.25, 0.3) is 0 Å². The Hall–Kier alpha value is -2.65. The van der Waals surface area contributed by atoms with Gasteiger partial charge in [-0.15, -0.1) is 0 Å². The largest absolute Gasteiger partial charge is 0.339 e. The summed E-state index contributed by atoms with van der Waals surface area (Å²) in [6.07, 6.45) is 4.53. The Bertz CT molecular complexity index is 1150. The van der Waals surface area contributed by atoms with E-state index < -0.39 is 9.84 Å². The van der Waals surface area contributed by atoms with E-state index in [1.165, 1.54) is 0 Å². The molecule has 2 aliphatic rings. The number of aromatic nitrogens is 2. The van der Waals surface area contributed by atoms with Crippen LogP contribution in [0.15, 0.2) is 41.9 Å². The fourth-order valence-corrected chi connectivity index (χ4v) is 5.27. The van der Waals surface area contributed by atoms with Gasteiger partial charge in [-0.3, -0.25) is 9.36 Å². The highest BCUT2D eigenvalue weighted by molar-refractivity contribution is 7.94. The van der Waals surface area contributed by atoms with Crippen LogP contribution < -0.4 is 0 Å². The molecule has 0 unspecified atom stereocenters. The molecule has 0 aliphatic carbocycles. The Morgan fingerprint density at radius 2 is 1.91 bits per heavy atom. The summed E-state index contributed by atoms with van der Waals surface area (Å²) >= 11 is 5.84. The van der Waals surface area contributed by atoms with Crippen LogP contribution in [0.25, 0.3) is 0 Å². The predicted molar refractivity (Wildman–Crippen MR) is 121 cm³/mol. The summed E-state index contributed by atoms with van der Waals surface area (Å²) in [6, 6.07) is 7.01. The van der Waals surface area contributed by atoms with Gasteiger partial charge in [-0.05, 0) is 43.9 Å². The molecule has 0 bridgehead atoms. The highest BCUT2D eigenvalue weighted by atomic mass is 35.5. The van der Waals surface area contributed by atoms with Gasteiger partial charge in [0, 0.05) is 35.6 Å². The number of carbonyl (C=O) groups excluding carboxylic acids is 2. The van der Waals surface area contributed by atoms with Crippen LogP contribution in [0.5, 0.6) is 0 Å². The number of rotatable bonds is 6. The van der Waals surface area contributed by atoms with E-state index in [0.29, 0.717) is 49.7 Å². The molecular formula is C22H25ClN4O4S. The molecule has 32 heavy (non-hydrogen) atoms. The summed E-state index contributed by atoms with van der Waals surface area (Å²) in [5, 5.41) is 1.60. The van der Waals surface area contributed by atoms with E-state index in [0.717, 1.165) is 22.7 Å². The van der Waals surface area contributed by atoms with E-state index in [1.807, 2.05) is 11.8 Å². The molecule has 170 valence electrons. The van der Waals surface area contributed by atoms with Crippen molar-refractivity contribution >= 4 is 33.4 Å². The summed E-state index contributed by atoms with van der Waals surface area (Å²) in [6.45, 7) is 3.30. The van der Waals surface area contributed by atoms with Gasteiger partial charge in [-0.25, -0.2) is 18.2 Å². The first-order valence-corrected chi connectivity index (χ1v) is 12.6. The number of likely N-dealkylation sites (tertiary alicyclic amines) is 1. The Morgan fingerprint density at radius 1 is 1.22 bits per heavy atom. The Kier molecular flexibility index (Phi) is 6.39. The SMILES string of the molecule is Cc1ncc2n1C(=O)N(C1CCN(C(=O)C=CS(=O)(=O)CCc3ccc(Cl)cc3)CC1)C2. The molecule has 10 heteroatoms. The third-order valence-electron chi connectivity index (χ3n) is 6.00. The van der Waals surface area contributed by atoms with E-state index in [4.69, 9.17) is 11.6 Å². The number of halogens is 1. The second-order valence-electron chi connectivity index (χ2n) is 8.15. The second kappa shape index (κ2) is 9.07. The van der Waals surface area contributed by atoms with Crippen LogP contribution in [-0.4, -0.2) is 64.6 Å². The Balaban J connectivity index is 1.27. The average Bonchev–Trinajstić information content (AvgIpc) is 3.31. The van der Waals surface area contributed by atoms with E-state index in [9.17, 15) is 18.0 Å². The lowest BCUT2D eigenvalue weighted by molar-refractivity contribution is -0.127. The molecule has 0 saturated carbocycles. The van der Waals surface area contributed by atoms with Crippen molar-refractivity contribution in [3.63, 3.8) is 0 Å². The molecule has 2 aromatic rings. The molecule has 1 fully saturated rings. The minimum absolute atomic E-state index is 0.0536. The Labute approximate surface area is 192 Å². The first-order valence-electron chi connectivity index (χ1n) is 10.5. The zero-order valence-electron chi connectivity index (χ0n) is 17.8. The molecule has 2 amide bonds. The number of piperidine rings is 1. The van der Waals surface area contributed by atoms with Gasteiger partial charge in [0.05, 0.1) is 24.2 Å². The van der Waals surface area contributed by atoms with Crippen molar-refractivity contribution in [1.29, 1.82) is 0 Å². The number of hydrogen-bond acceptors (Lipinski definition) is 5. The Morgan fingerprint density at radius 3 is 2.56 bits per heavy atom. The molecule has 0 radical (unpaired) electrons. The van der Waals surface area contributed by atoms with Crippen LogP contribution in [0.4, 0.5) is 4.79 Å². The van der Waals surface area contributed by atoms with Crippen molar-refractivity contribution in [2.75, 3.05) is 18.8 Å². The fraction of sp³-hybridized carbons (Fsp3) is 0.409. The summed E-state index contributed by atoms with van der Waals surface area (Å²) in [5.74, 6) is 0.284. The number of imidazole rings is 1. The maximum absolute atomic E-state index is 12.7. The van der Waals surface area contributed by atoms with Crippen molar-refractivity contribution in [3.05, 3.63) is 64.1 Å². The molecule has 1 aromatic heterocycles. The number of aryl methyl sites for hydroxylation is 2. The lowest BCUT2D eigenvalue weighted by Crippen LogP contribution is -2.47. The summed E-state index contributed by atoms with van der Waals surface area (Å²) in [5.41, 5.74) is 1.76. The third kappa shape index (κ3) is 4.88. The molecule has 0 spiro atoms. The van der Waals surface area contributed by atoms with Crippen molar-refractivity contribution in [1.82, 2.24) is 19.4 Å². The topological polar surface area (TPSA) is 92.6 Å². The van der Waals surface area contributed by atoms with Crippen molar-refractivity contribution in [2.45, 2.75) is 38.8 Å². The number of sulfone groups is 1. The van der Waals surface area contributed by atoms with Gasteiger partial charge in [-0.1, -0.05) is 23.7 Å². The van der Waals surface area contributed by atoms with Crippen molar-refractivity contribution in [2.24, 2.45) is 0 Å². The summed E-state index contributed by atoms with van der Waals surface area (Å²) in [7, 11) is -3.51. The van der Waals surface area contributed by atoms with E-state index in [2.05, 4.69) is 4.98 Å². The van der Waals surface area contributed by atoms with Crippen LogP contribution in [0.2, 0.25) is 5.02 Å². The van der Waals surface area contributed by atoms with Gasteiger partial charge < -0.3 is 9.80 Å². The van der Waals surface area contributed by atoms with Gasteiger partial charge in [0.2, 0.25) is 5.91 Å². The van der Waals surface area contributed by atoms with Crippen LogP contribution in [0, 0.1) is 6.92 Å². The number of hydrogen-bond donors (Lipinski definition) is 0. The van der Waals surface area contributed by atoms with Gasteiger partial charge >= 0.3 is 6.03 Å². The highest BCUT2D eigenvalue weighted by Gasteiger charge is 2.36. The second-order valence-corrected chi connectivity index (χ2v) is 10.6. The first kappa shape index (κ1) is 22.5. The van der Waals surface area contributed by atoms with Gasteiger partial charge in [-0.2, -0.15) is 0 Å². The minimum Gasteiger partial charge on any atom is -0.339 e. The van der Waals surface area contributed by atoms with Crippen LogP contribution in [0.1, 0.15) is 29.9 Å². The standard InChI is InChI=1S/C22H25ClN4O4S/c1-16-24-14-20-15-26(22(29)27(16)20)19-6-10-25(11-7-19)21(28)9-13-32(30,31)12-8-17-2-4-18(23)5-3-17/h2-5,9,13-14,19H,6-8,10-12,15H2,1H3. The monoisotopic (exact) mass is 476 g/mol. The van der Waals surface area contributed by atoms with Gasteiger partial charge in [0.15, 0.2) is 9.84 Å². The highest BCUT2D eigenvalue weighted by Crippen LogP contribution is 2.26. The molecule has 1 aromatic carbocycles. The summed E-state index contributed by atoms with van der Waals surface area (Å²) in [4.78, 5) is 32.8. The fourth-order valence-electron chi connectivity index (χ4n) is 4.16. The first-order chi connectivity index (χ1) is 15.2. The third-order valence-corrected chi connectivity index (χ3v) is 7.58. The number of carbonyl (C=O) groups is 2. The van der Waals surface area contributed by atoms with Crippen LogP contribution in [0.3, 0.4) is 0 Å². The number of amides is 2. The smallest absolute Gasteiger partial charge is 0.330 e. The molecule has 1 saturated heterocycles. The zero-order valence-corrected chi connectivity index (χ0v) is 19.3. The summed E-state index contributed by atoms with van der Waals surface area (Å²) < 4.78 is 26.2. The molecule has 3 heterocycles. The van der Waals surface area contributed by atoms with Gasteiger partial charge in [0.1, 0.15) is 5.82 Å². The van der Waals surface area contributed by atoms with Crippen molar-refractivity contribution < 1.29 is 18.0 Å². The molecule has 0 atom stereocenters. The van der Waals surface area contributed by atoms with Crippen LogP contribution in [-0.2, 0) is 27.6 Å². The van der Waals surface area contributed by atoms with E-state index in [-0.39, 0.29) is 23.7 Å². The molecule has 4 rings (SSSR count). The average molecular weight is 477 g/mol. The number of nitrogens with zero attached hydrogens (tertiary/aromatic N) is 4. The van der Waals surface area contributed by atoms with E-state index >= 15 is 0 Å². The number of benzene rings is 1. The minimum atomic E-state index is -3.51. The molecule has 8 nitrogen and oxygen atoms in total. The molecular weight excluding hydrogens is 452 g/mol. The zero-order chi connectivity index (χ0) is 22.9. The lowest BCUT2D eigenvalue weighted by Gasteiger charge is -2.35. The molecule has 2 aliphatic heterocycles. The number of fused-ring (bicyclic) bond motifs is 1. The normalized spacial score (nSPS) is 17.4. The van der Waals surface area contributed by atoms with Crippen LogP contribution >= 0.6 is 11.6 Å². The maximum atomic E-state index is 12.7. The van der Waals surface area contributed by atoms with Crippen molar-refractivity contribution in [3.8, 4) is 0 Å². The van der Waals surface area contributed by atoms with E-state index in [1.54, 1.807) is 39.9 Å². The maximum Gasteiger partial charge on any atom is 0.330 e. The predicted octanol–water partition coefficient (Wildman–Crippen LogP) is 2.79. The quantitative estimate of drug-likeness (QED) is 0.598.